The van der Waals surface area contributed by atoms with Crippen LogP contribution >= 0.6 is 34.3 Å². The molecule has 1 aliphatic heterocycles. The highest BCUT2D eigenvalue weighted by atomic mass is 35.5. The summed E-state index contributed by atoms with van der Waals surface area (Å²) in [7, 11) is 0. The lowest BCUT2D eigenvalue weighted by atomic mass is 10.0. The Morgan fingerprint density at radius 3 is 2.58 bits per heavy atom. The van der Waals surface area contributed by atoms with Crippen LogP contribution < -0.4 is 14.9 Å². The molecule has 6 rings (SSSR count). The zero-order valence-corrected chi connectivity index (χ0v) is 24.0. The Balaban J connectivity index is 1.55. The van der Waals surface area contributed by atoms with E-state index in [-0.39, 0.29) is 12.2 Å². The molecule has 0 aliphatic carbocycles. The van der Waals surface area contributed by atoms with E-state index in [0.717, 1.165) is 21.7 Å². The predicted molar refractivity (Wildman–Crippen MR) is 159 cm³/mol. The van der Waals surface area contributed by atoms with Crippen molar-refractivity contribution >= 4 is 46.3 Å². The molecule has 0 fully saturated rings. The number of rotatable bonds is 6. The van der Waals surface area contributed by atoms with Crippen molar-refractivity contribution in [3.8, 4) is 16.9 Å². The molecule has 1 unspecified atom stereocenters. The summed E-state index contributed by atoms with van der Waals surface area (Å²) in [5.41, 5.74) is 3.94. The van der Waals surface area contributed by atoms with Crippen LogP contribution in [-0.4, -0.2) is 26.9 Å². The molecule has 1 atom stereocenters. The topological polar surface area (TPSA) is 78.5 Å². The van der Waals surface area contributed by atoms with Crippen LogP contribution in [0.2, 0.25) is 5.02 Å². The third-order valence-corrected chi connectivity index (χ3v) is 8.66. The predicted octanol–water partition coefficient (Wildman–Crippen LogP) is 5.37. The van der Waals surface area contributed by atoms with Gasteiger partial charge in [-0.15, -0.1) is 11.3 Å². The number of carbonyl (C=O) groups excluding carboxylic acids is 1. The van der Waals surface area contributed by atoms with Crippen LogP contribution in [0.3, 0.4) is 0 Å². The van der Waals surface area contributed by atoms with Gasteiger partial charge in [0.1, 0.15) is 11.7 Å². The number of hydrogen-bond acceptors (Lipinski definition) is 7. The molecule has 0 radical (unpaired) electrons. The lowest BCUT2D eigenvalue weighted by Gasteiger charge is -2.23. The Bertz CT molecular complexity index is 1920. The quantitative estimate of drug-likeness (QED) is 0.251. The number of ether oxygens (including phenoxy) is 1. The molecule has 0 spiro atoms. The molecule has 7 nitrogen and oxygen atoms in total. The van der Waals surface area contributed by atoms with Crippen molar-refractivity contribution in [2.75, 3.05) is 6.61 Å². The average Bonchev–Trinajstić information content (AvgIpc) is 3.70. The summed E-state index contributed by atoms with van der Waals surface area (Å²) in [5.74, 6) is -0.467. The zero-order valence-electron chi connectivity index (χ0n) is 21.6. The van der Waals surface area contributed by atoms with Gasteiger partial charge < -0.3 is 4.74 Å². The number of thiophene rings is 1. The fourth-order valence-corrected chi connectivity index (χ4v) is 6.67. The number of nitrogens with zero attached hydrogens (tertiary/aromatic N) is 4. The molecule has 2 aromatic carbocycles. The lowest BCUT2D eigenvalue weighted by Crippen LogP contribution is -2.39. The van der Waals surface area contributed by atoms with Crippen LogP contribution in [0.5, 0.6) is 0 Å². The molecule has 0 saturated carbocycles. The van der Waals surface area contributed by atoms with Crippen molar-refractivity contribution in [2.24, 2.45) is 4.99 Å². The normalized spacial score (nSPS) is 15.2. The fourth-order valence-electron chi connectivity index (χ4n) is 4.69. The van der Waals surface area contributed by atoms with Crippen molar-refractivity contribution in [2.45, 2.75) is 19.9 Å². The smallest absolute Gasteiger partial charge is 0.338 e. The molecule has 4 heterocycles. The van der Waals surface area contributed by atoms with Gasteiger partial charge >= 0.3 is 5.97 Å². The Labute approximate surface area is 242 Å². The maximum Gasteiger partial charge on any atom is 0.338 e. The van der Waals surface area contributed by atoms with Crippen molar-refractivity contribution in [1.82, 2.24) is 14.3 Å². The molecule has 0 amide bonds. The molecular formula is C30H23ClN4O3S2. The largest absolute Gasteiger partial charge is 0.463 e. The Hall–Kier alpha value is -4.05. The summed E-state index contributed by atoms with van der Waals surface area (Å²) < 4.78 is 9.25. The molecule has 0 bridgehead atoms. The number of allylic oxidation sites excluding steroid dienone is 1. The van der Waals surface area contributed by atoms with Crippen LogP contribution in [0, 0.1) is 0 Å². The second kappa shape index (κ2) is 10.8. The Morgan fingerprint density at radius 2 is 1.88 bits per heavy atom. The van der Waals surface area contributed by atoms with Gasteiger partial charge in [-0.3, -0.25) is 9.36 Å². The van der Waals surface area contributed by atoms with Gasteiger partial charge in [0.25, 0.3) is 5.56 Å². The van der Waals surface area contributed by atoms with Gasteiger partial charge in [0, 0.05) is 27.2 Å². The van der Waals surface area contributed by atoms with E-state index in [0.29, 0.717) is 31.3 Å². The number of carbonyl (C=O) groups is 1. The molecule has 5 aromatic rings. The van der Waals surface area contributed by atoms with Crippen molar-refractivity contribution in [3.05, 3.63) is 125 Å². The van der Waals surface area contributed by atoms with E-state index in [1.807, 2.05) is 84.4 Å². The van der Waals surface area contributed by atoms with E-state index in [2.05, 4.69) is 4.99 Å². The van der Waals surface area contributed by atoms with E-state index in [4.69, 9.17) is 21.4 Å². The highest BCUT2D eigenvalue weighted by Gasteiger charge is 2.34. The van der Waals surface area contributed by atoms with Crippen LogP contribution in [0.4, 0.5) is 0 Å². The molecule has 200 valence electrons. The summed E-state index contributed by atoms with van der Waals surface area (Å²) >= 11 is 8.92. The van der Waals surface area contributed by atoms with Crippen molar-refractivity contribution in [1.29, 1.82) is 0 Å². The minimum absolute atomic E-state index is 0.231. The summed E-state index contributed by atoms with van der Waals surface area (Å²) in [4.78, 5) is 33.1. The first-order valence-electron chi connectivity index (χ1n) is 12.6. The van der Waals surface area contributed by atoms with Gasteiger partial charge in [-0.25, -0.2) is 14.5 Å². The van der Waals surface area contributed by atoms with Crippen LogP contribution in [0.15, 0.2) is 99.4 Å². The van der Waals surface area contributed by atoms with Crippen molar-refractivity contribution in [3.63, 3.8) is 0 Å². The van der Waals surface area contributed by atoms with Gasteiger partial charge in [0.05, 0.1) is 28.1 Å². The summed E-state index contributed by atoms with van der Waals surface area (Å²) in [5, 5.41) is 7.42. The zero-order chi connectivity index (χ0) is 27.8. The minimum atomic E-state index is -0.611. The molecular weight excluding hydrogens is 564 g/mol. The minimum Gasteiger partial charge on any atom is -0.463 e. The number of benzene rings is 2. The highest BCUT2D eigenvalue weighted by Crippen LogP contribution is 2.33. The number of aromatic nitrogens is 3. The van der Waals surface area contributed by atoms with Gasteiger partial charge in [0.15, 0.2) is 4.80 Å². The van der Waals surface area contributed by atoms with Crippen LogP contribution in [-0.2, 0) is 9.53 Å². The van der Waals surface area contributed by atoms with Gasteiger partial charge in [-0.1, -0.05) is 59.3 Å². The Morgan fingerprint density at radius 1 is 1.10 bits per heavy atom. The standard InChI is InChI=1S/C30H23ClN4O3S2/c1-3-38-29(37)25-18(2)32-30-35(27(25)23-10-7-15-39-23)28(36)24(40-30)16-20-17-34(22-8-5-4-6-9-22)33-26(20)19-11-13-21(31)14-12-19/h4-17,27H,3H2,1-2H3/b24-16+. The molecule has 10 heteroatoms. The second-order valence-corrected chi connectivity index (χ2v) is 11.5. The van der Waals surface area contributed by atoms with Crippen LogP contribution in [0.1, 0.15) is 30.3 Å². The number of fused-ring (bicyclic) bond motifs is 1. The van der Waals surface area contributed by atoms with E-state index >= 15 is 0 Å². The third kappa shape index (κ3) is 4.77. The summed E-state index contributed by atoms with van der Waals surface area (Å²) in [6, 6.07) is 20.5. The number of thiazole rings is 1. The summed E-state index contributed by atoms with van der Waals surface area (Å²) in [6.07, 6.45) is 3.75. The van der Waals surface area contributed by atoms with Gasteiger partial charge in [0.2, 0.25) is 0 Å². The summed E-state index contributed by atoms with van der Waals surface area (Å²) in [6.45, 7) is 3.78. The first-order valence-corrected chi connectivity index (χ1v) is 14.7. The molecule has 0 N–H and O–H groups in total. The number of halogens is 1. The first-order chi connectivity index (χ1) is 19.4. The van der Waals surface area contributed by atoms with E-state index < -0.39 is 12.0 Å². The van der Waals surface area contributed by atoms with E-state index in [1.165, 1.54) is 22.7 Å². The van der Waals surface area contributed by atoms with Gasteiger partial charge in [-0.05, 0) is 55.6 Å². The van der Waals surface area contributed by atoms with E-state index in [9.17, 15) is 9.59 Å². The maximum atomic E-state index is 14.0. The SMILES string of the molecule is CCOC(=O)C1=C(C)N=c2s/c(=C/c3cn(-c4ccccc4)nc3-c3ccc(Cl)cc3)c(=O)n2C1c1cccs1. The maximum absolute atomic E-state index is 14.0. The molecule has 1 aliphatic rings. The number of para-hydroxylation sites is 1. The highest BCUT2D eigenvalue weighted by molar-refractivity contribution is 7.10. The van der Waals surface area contributed by atoms with Gasteiger partial charge in [-0.2, -0.15) is 5.10 Å². The lowest BCUT2D eigenvalue weighted by molar-refractivity contribution is -0.139. The monoisotopic (exact) mass is 586 g/mol. The number of hydrogen-bond donors (Lipinski definition) is 0. The molecule has 3 aromatic heterocycles. The second-order valence-electron chi connectivity index (χ2n) is 9.04. The molecule has 0 saturated heterocycles. The number of esters is 1. The van der Waals surface area contributed by atoms with Crippen molar-refractivity contribution < 1.29 is 9.53 Å². The molecule has 40 heavy (non-hydrogen) atoms. The first kappa shape index (κ1) is 26.2. The fraction of sp³-hybridized carbons (Fsp3) is 0.133. The third-order valence-electron chi connectivity index (χ3n) is 6.50. The Kier molecular flexibility index (Phi) is 7.10. The van der Waals surface area contributed by atoms with Crippen LogP contribution in [0.25, 0.3) is 23.0 Å². The average molecular weight is 587 g/mol. The van der Waals surface area contributed by atoms with E-state index in [1.54, 1.807) is 23.1 Å².